The van der Waals surface area contributed by atoms with Crippen molar-refractivity contribution in [2.24, 2.45) is 0 Å². The van der Waals surface area contributed by atoms with Gasteiger partial charge >= 0.3 is 0 Å². The van der Waals surface area contributed by atoms with Gasteiger partial charge in [-0.25, -0.2) is 9.97 Å². The molecule has 2 aromatic rings. The standard InChI is InChI=1S/C12H12ClN3OS/c1-2-9(12-14-5-6-18-12)16-11(17)8-3-4-10(13)15-7-8/h3-7,9H,2H2,1H3,(H,16,17). The molecule has 0 radical (unpaired) electrons. The molecule has 0 aliphatic carbocycles. The Morgan fingerprint density at radius 3 is 2.89 bits per heavy atom. The van der Waals surface area contributed by atoms with E-state index in [2.05, 4.69) is 15.3 Å². The number of hydrogen-bond donors (Lipinski definition) is 1. The molecular formula is C12H12ClN3OS. The summed E-state index contributed by atoms with van der Waals surface area (Å²) in [6, 6.07) is 3.19. The van der Waals surface area contributed by atoms with Gasteiger partial charge in [-0.1, -0.05) is 18.5 Å². The van der Waals surface area contributed by atoms with E-state index in [1.807, 2.05) is 12.3 Å². The van der Waals surface area contributed by atoms with E-state index in [1.165, 1.54) is 17.5 Å². The maximum Gasteiger partial charge on any atom is 0.253 e. The van der Waals surface area contributed by atoms with Crippen LogP contribution in [0.25, 0.3) is 0 Å². The van der Waals surface area contributed by atoms with Crippen molar-refractivity contribution < 1.29 is 4.79 Å². The quantitative estimate of drug-likeness (QED) is 0.876. The number of nitrogens with zero attached hydrogens (tertiary/aromatic N) is 2. The predicted octanol–water partition coefficient (Wildman–Crippen LogP) is 3.07. The number of carbonyl (C=O) groups is 1. The number of amides is 1. The zero-order chi connectivity index (χ0) is 13.0. The van der Waals surface area contributed by atoms with Crippen molar-refractivity contribution >= 4 is 28.8 Å². The van der Waals surface area contributed by atoms with Crippen LogP contribution in [-0.2, 0) is 0 Å². The summed E-state index contributed by atoms with van der Waals surface area (Å²) in [6.45, 7) is 2.01. The molecule has 0 bridgehead atoms. The predicted molar refractivity (Wildman–Crippen MR) is 71.9 cm³/mol. The summed E-state index contributed by atoms with van der Waals surface area (Å²) in [5.41, 5.74) is 0.495. The normalized spacial score (nSPS) is 12.1. The van der Waals surface area contributed by atoms with Crippen molar-refractivity contribution in [3.8, 4) is 0 Å². The number of rotatable bonds is 4. The number of hydrogen-bond acceptors (Lipinski definition) is 4. The van der Waals surface area contributed by atoms with Crippen LogP contribution < -0.4 is 5.32 Å². The van der Waals surface area contributed by atoms with E-state index in [1.54, 1.807) is 18.3 Å². The topological polar surface area (TPSA) is 54.9 Å². The molecule has 0 fully saturated rings. The van der Waals surface area contributed by atoms with Crippen LogP contribution in [0.15, 0.2) is 29.9 Å². The number of thiazole rings is 1. The molecule has 18 heavy (non-hydrogen) atoms. The zero-order valence-electron chi connectivity index (χ0n) is 9.76. The number of aromatic nitrogens is 2. The number of carbonyl (C=O) groups excluding carboxylic acids is 1. The molecular weight excluding hydrogens is 270 g/mol. The molecule has 1 amide bonds. The van der Waals surface area contributed by atoms with Crippen LogP contribution in [0, 0.1) is 0 Å². The van der Waals surface area contributed by atoms with Crippen LogP contribution in [0.1, 0.15) is 34.8 Å². The summed E-state index contributed by atoms with van der Waals surface area (Å²) in [5.74, 6) is -0.166. The number of nitrogens with one attached hydrogen (secondary N) is 1. The lowest BCUT2D eigenvalue weighted by molar-refractivity contribution is 0.0935. The minimum atomic E-state index is -0.166. The van der Waals surface area contributed by atoms with Gasteiger partial charge in [0, 0.05) is 17.8 Å². The van der Waals surface area contributed by atoms with E-state index in [9.17, 15) is 4.79 Å². The van der Waals surface area contributed by atoms with E-state index in [0.717, 1.165) is 11.4 Å². The van der Waals surface area contributed by atoms with Gasteiger partial charge in [-0.15, -0.1) is 11.3 Å². The minimum absolute atomic E-state index is 0.0619. The summed E-state index contributed by atoms with van der Waals surface area (Å²) < 4.78 is 0. The third-order valence-electron chi connectivity index (χ3n) is 2.45. The first-order chi connectivity index (χ1) is 8.70. The Morgan fingerprint density at radius 1 is 1.50 bits per heavy atom. The molecule has 0 aliphatic heterocycles. The fraction of sp³-hybridized carbons (Fsp3) is 0.250. The maximum absolute atomic E-state index is 12.0. The Labute approximate surface area is 114 Å². The highest BCUT2D eigenvalue weighted by Gasteiger charge is 2.16. The first-order valence-electron chi connectivity index (χ1n) is 5.52. The Bertz CT molecular complexity index is 513. The first-order valence-corrected chi connectivity index (χ1v) is 6.78. The molecule has 2 rings (SSSR count). The lowest BCUT2D eigenvalue weighted by atomic mass is 10.2. The van der Waals surface area contributed by atoms with E-state index in [-0.39, 0.29) is 11.9 Å². The number of halogens is 1. The van der Waals surface area contributed by atoms with E-state index in [4.69, 9.17) is 11.6 Å². The largest absolute Gasteiger partial charge is 0.343 e. The second kappa shape index (κ2) is 5.93. The van der Waals surface area contributed by atoms with Gasteiger partial charge in [0.25, 0.3) is 5.91 Å². The van der Waals surface area contributed by atoms with Crippen LogP contribution in [0.3, 0.4) is 0 Å². The second-order valence-electron chi connectivity index (χ2n) is 3.67. The molecule has 6 heteroatoms. The highest BCUT2D eigenvalue weighted by molar-refractivity contribution is 7.09. The molecule has 1 unspecified atom stereocenters. The van der Waals surface area contributed by atoms with Crippen LogP contribution in [0.5, 0.6) is 0 Å². The molecule has 94 valence electrons. The molecule has 1 atom stereocenters. The molecule has 0 aromatic carbocycles. The van der Waals surface area contributed by atoms with Crippen LogP contribution in [-0.4, -0.2) is 15.9 Å². The summed E-state index contributed by atoms with van der Waals surface area (Å²) in [6.07, 6.45) is 3.99. The van der Waals surface area contributed by atoms with Gasteiger partial charge in [0.15, 0.2) is 0 Å². The molecule has 0 spiro atoms. The van der Waals surface area contributed by atoms with Crippen molar-refractivity contribution in [3.05, 3.63) is 45.6 Å². The SMILES string of the molecule is CCC(NC(=O)c1ccc(Cl)nc1)c1nccs1. The van der Waals surface area contributed by atoms with Gasteiger partial charge in [-0.05, 0) is 18.6 Å². The van der Waals surface area contributed by atoms with Crippen molar-refractivity contribution in [2.45, 2.75) is 19.4 Å². The maximum atomic E-state index is 12.0. The molecule has 4 nitrogen and oxygen atoms in total. The molecule has 0 aliphatic rings. The number of pyridine rings is 1. The van der Waals surface area contributed by atoms with Gasteiger partial charge in [0.2, 0.25) is 0 Å². The summed E-state index contributed by atoms with van der Waals surface area (Å²) in [7, 11) is 0. The average Bonchev–Trinajstić information content (AvgIpc) is 2.90. The van der Waals surface area contributed by atoms with Crippen molar-refractivity contribution in [1.29, 1.82) is 0 Å². The third kappa shape index (κ3) is 3.05. The van der Waals surface area contributed by atoms with Gasteiger partial charge in [-0.2, -0.15) is 0 Å². The molecule has 0 saturated carbocycles. The Balaban J connectivity index is 2.08. The zero-order valence-corrected chi connectivity index (χ0v) is 11.3. The van der Waals surface area contributed by atoms with Crippen LogP contribution in [0.2, 0.25) is 5.15 Å². The molecule has 1 N–H and O–H groups in total. The molecule has 2 heterocycles. The molecule has 2 aromatic heterocycles. The van der Waals surface area contributed by atoms with Gasteiger partial charge in [0.05, 0.1) is 11.6 Å². The minimum Gasteiger partial charge on any atom is -0.343 e. The fourth-order valence-electron chi connectivity index (χ4n) is 1.50. The van der Waals surface area contributed by atoms with Gasteiger partial charge < -0.3 is 5.32 Å². The Morgan fingerprint density at radius 2 is 2.33 bits per heavy atom. The van der Waals surface area contributed by atoms with Gasteiger partial charge in [0.1, 0.15) is 10.2 Å². The van der Waals surface area contributed by atoms with Gasteiger partial charge in [-0.3, -0.25) is 4.79 Å². The molecule has 0 saturated heterocycles. The van der Waals surface area contributed by atoms with E-state index < -0.39 is 0 Å². The monoisotopic (exact) mass is 281 g/mol. The lowest BCUT2D eigenvalue weighted by Crippen LogP contribution is -2.28. The average molecular weight is 282 g/mol. The second-order valence-corrected chi connectivity index (χ2v) is 4.99. The van der Waals surface area contributed by atoms with Crippen molar-refractivity contribution in [3.63, 3.8) is 0 Å². The summed E-state index contributed by atoms with van der Waals surface area (Å²) >= 11 is 7.21. The summed E-state index contributed by atoms with van der Waals surface area (Å²) in [5, 5.41) is 6.11. The summed E-state index contributed by atoms with van der Waals surface area (Å²) in [4.78, 5) is 20.1. The van der Waals surface area contributed by atoms with E-state index >= 15 is 0 Å². The third-order valence-corrected chi connectivity index (χ3v) is 3.57. The van der Waals surface area contributed by atoms with Crippen LogP contribution >= 0.6 is 22.9 Å². The van der Waals surface area contributed by atoms with Crippen molar-refractivity contribution in [1.82, 2.24) is 15.3 Å². The fourth-order valence-corrected chi connectivity index (χ4v) is 2.38. The Kier molecular flexibility index (Phi) is 4.28. The lowest BCUT2D eigenvalue weighted by Gasteiger charge is -2.14. The van der Waals surface area contributed by atoms with Crippen molar-refractivity contribution in [2.75, 3.05) is 0 Å². The first kappa shape index (κ1) is 13.0. The Hall–Kier alpha value is -1.46. The highest BCUT2D eigenvalue weighted by atomic mass is 35.5. The van der Waals surface area contributed by atoms with E-state index in [0.29, 0.717) is 10.7 Å². The smallest absolute Gasteiger partial charge is 0.253 e. The highest BCUT2D eigenvalue weighted by Crippen LogP contribution is 2.19. The van der Waals surface area contributed by atoms with Crippen LogP contribution in [0.4, 0.5) is 0 Å².